The number of hydrogen-bond acceptors (Lipinski definition) is 5. The molecule has 0 saturated carbocycles. The number of methoxy groups -OCH3 is 2. The highest BCUT2D eigenvalue weighted by Gasteiger charge is 2.24. The average molecular weight is 714 g/mol. The van der Waals surface area contributed by atoms with Crippen LogP contribution in [0.2, 0.25) is 0 Å². The van der Waals surface area contributed by atoms with Crippen LogP contribution in [0.5, 0.6) is 11.5 Å². The Morgan fingerprint density at radius 1 is 0.643 bits per heavy atom. The van der Waals surface area contributed by atoms with Gasteiger partial charge >= 0.3 is 11.9 Å². The van der Waals surface area contributed by atoms with Crippen molar-refractivity contribution < 1.29 is 29.3 Å². The number of hydrogen-bond donors (Lipinski definition) is 3. The average Bonchev–Trinajstić information content (AvgIpc) is 2.94. The first kappa shape index (κ1) is 37.7. The zero-order valence-corrected chi connectivity index (χ0v) is 28.4. The lowest BCUT2D eigenvalue weighted by atomic mass is 9.91. The van der Waals surface area contributed by atoms with E-state index in [-0.39, 0.29) is 28.8 Å². The second-order valence-corrected chi connectivity index (χ2v) is 12.2. The molecule has 2 rings (SSSR count). The molecule has 2 aromatic rings. The SMILES string of the molecule is CCCCCCCCCCCCCCCC=C(c1cc(Br)cc(C(=O)O)c1OC)c1cc(Br)cc(C(=O)O)c1OC.N. The minimum atomic E-state index is -1.12. The zero-order valence-electron chi connectivity index (χ0n) is 25.3. The third kappa shape index (κ3) is 11.7. The number of carboxylic acids is 2. The number of aromatic carboxylic acids is 2. The van der Waals surface area contributed by atoms with Crippen molar-refractivity contribution in [1.29, 1.82) is 0 Å². The van der Waals surface area contributed by atoms with Gasteiger partial charge < -0.3 is 25.8 Å². The molecule has 42 heavy (non-hydrogen) atoms. The minimum absolute atomic E-state index is 0. The van der Waals surface area contributed by atoms with Gasteiger partial charge in [-0.2, -0.15) is 0 Å². The first-order chi connectivity index (χ1) is 19.7. The van der Waals surface area contributed by atoms with Gasteiger partial charge in [0.2, 0.25) is 0 Å². The zero-order chi connectivity index (χ0) is 30.2. The highest BCUT2D eigenvalue weighted by molar-refractivity contribution is 9.10. The van der Waals surface area contributed by atoms with Crippen molar-refractivity contribution in [3.05, 3.63) is 61.5 Å². The van der Waals surface area contributed by atoms with Crippen LogP contribution in [0, 0.1) is 0 Å². The summed E-state index contributed by atoms with van der Waals surface area (Å²) >= 11 is 6.88. The molecule has 0 atom stereocenters. The predicted molar refractivity (Wildman–Crippen MR) is 178 cm³/mol. The number of carboxylic acid groups (broad SMARTS) is 2. The van der Waals surface area contributed by atoms with Crippen molar-refractivity contribution in [2.75, 3.05) is 14.2 Å². The Bertz CT molecular complexity index is 1110. The molecule has 0 aliphatic carbocycles. The summed E-state index contributed by atoms with van der Waals surface area (Å²) in [4.78, 5) is 24.1. The summed E-state index contributed by atoms with van der Waals surface area (Å²) in [7, 11) is 2.87. The Kier molecular flexibility index (Phi) is 18.4. The van der Waals surface area contributed by atoms with Crippen LogP contribution in [0.15, 0.2) is 39.3 Å². The maximum Gasteiger partial charge on any atom is 0.339 e. The van der Waals surface area contributed by atoms with E-state index >= 15 is 0 Å². The van der Waals surface area contributed by atoms with E-state index in [0.717, 1.165) is 19.3 Å². The fourth-order valence-corrected chi connectivity index (χ4v) is 6.03. The number of ether oxygens (including phenoxy) is 2. The van der Waals surface area contributed by atoms with E-state index < -0.39 is 11.9 Å². The van der Waals surface area contributed by atoms with Gasteiger partial charge in [0, 0.05) is 20.1 Å². The molecule has 0 saturated heterocycles. The number of benzene rings is 2. The third-order valence-electron chi connectivity index (χ3n) is 7.21. The van der Waals surface area contributed by atoms with E-state index in [9.17, 15) is 19.8 Å². The van der Waals surface area contributed by atoms with Crippen molar-refractivity contribution in [3.8, 4) is 11.5 Å². The molecule has 234 valence electrons. The molecule has 0 bridgehead atoms. The molecular formula is C33H47Br2NO6. The summed E-state index contributed by atoms with van der Waals surface area (Å²) in [6.45, 7) is 2.25. The highest BCUT2D eigenvalue weighted by atomic mass is 79.9. The van der Waals surface area contributed by atoms with Crippen molar-refractivity contribution in [2.45, 2.75) is 96.8 Å². The maximum absolute atomic E-state index is 12.0. The Morgan fingerprint density at radius 3 is 1.31 bits per heavy atom. The Hall–Kier alpha value is -2.36. The first-order valence-corrected chi connectivity index (χ1v) is 16.3. The van der Waals surface area contributed by atoms with Gasteiger partial charge in [0.25, 0.3) is 0 Å². The van der Waals surface area contributed by atoms with E-state index in [1.165, 1.54) is 97.0 Å². The van der Waals surface area contributed by atoms with E-state index in [0.29, 0.717) is 25.6 Å². The van der Waals surface area contributed by atoms with Crippen molar-refractivity contribution in [1.82, 2.24) is 6.15 Å². The van der Waals surface area contributed by atoms with E-state index in [2.05, 4.69) is 38.8 Å². The summed E-state index contributed by atoms with van der Waals surface area (Å²) in [5.74, 6) is -1.83. The molecule has 0 radical (unpaired) electrons. The second kappa shape index (κ2) is 20.5. The van der Waals surface area contributed by atoms with Gasteiger partial charge in [0.05, 0.1) is 14.2 Å². The van der Waals surface area contributed by atoms with Gasteiger partial charge in [-0.05, 0) is 42.7 Å². The number of unbranched alkanes of at least 4 members (excludes halogenated alkanes) is 13. The molecule has 2 aromatic carbocycles. The molecule has 0 aromatic heterocycles. The van der Waals surface area contributed by atoms with Crippen LogP contribution < -0.4 is 15.6 Å². The number of allylic oxidation sites excluding steroid dienone is 1. The molecule has 0 spiro atoms. The van der Waals surface area contributed by atoms with E-state index in [1.807, 2.05) is 6.08 Å². The second-order valence-electron chi connectivity index (χ2n) is 10.3. The highest BCUT2D eigenvalue weighted by Crippen LogP contribution is 2.42. The summed E-state index contributed by atoms with van der Waals surface area (Å²) in [5.41, 5.74) is 1.76. The molecule has 0 aliphatic heterocycles. The van der Waals surface area contributed by atoms with Crippen LogP contribution in [0.4, 0.5) is 0 Å². The molecule has 7 nitrogen and oxygen atoms in total. The lowest BCUT2D eigenvalue weighted by molar-refractivity contribution is 0.0682. The summed E-state index contributed by atoms with van der Waals surface area (Å²) in [6, 6.07) is 6.58. The summed E-state index contributed by atoms with van der Waals surface area (Å²) in [5, 5.41) is 19.7. The third-order valence-corrected chi connectivity index (χ3v) is 8.13. The molecule has 9 heteroatoms. The lowest BCUT2D eigenvalue weighted by Crippen LogP contribution is -2.07. The van der Waals surface area contributed by atoms with Gasteiger partial charge in [-0.25, -0.2) is 9.59 Å². The fourth-order valence-electron chi connectivity index (χ4n) is 5.12. The van der Waals surface area contributed by atoms with Crippen LogP contribution in [-0.4, -0.2) is 36.4 Å². The van der Waals surface area contributed by atoms with Crippen LogP contribution in [0.3, 0.4) is 0 Å². The normalized spacial score (nSPS) is 10.6. The lowest BCUT2D eigenvalue weighted by Gasteiger charge is -2.19. The van der Waals surface area contributed by atoms with Crippen LogP contribution in [0.1, 0.15) is 129 Å². The maximum atomic E-state index is 12.0. The van der Waals surface area contributed by atoms with Crippen molar-refractivity contribution in [2.24, 2.45) is 0 Å². The fraction of sp³-hybridized carbons (Fsp3) is 0.515. The smallest absolute Gasteiger partial charge is 0.339 e. The van der Waals surface area contributed by atoms with Crippen LogP contribution in [-0.2, 0) is 0 Å². The molecule has 5 N–H and O–H groups in total. The van der Waals surface area contributed by atoms with Gasteiger partial charge in [-0.15, -0.1) is 0 Å². The van der Waals surface area contributed by atoms with Crippen molar-refractivity contribution >= 4 is 49.4 Å². The predicted octanol–water partition coefficient (Wildman–Crippen LogP) is 10.7. The molecule has 0 unspecified atom stereocenters. The Labute approximate surface area is 267 Å². The molecule has 0 fully saturated rings. The van der Waals surface area contributed by atoms with Crippen molar-refractivity contribution in [3.63, 3.8) is 0 Å². The number of rotatable bonds is 20. The largest absolute Gasteiger partial charge is 0.495 e. The van der Waals surface area contributed by atoms with Gasteiger partial charge in [-0.1, -0.05) is 122 Å². The molecule has 0 heterocycles. The number of carbonyl (C=O) groups is 2. The number of halogens is 2. The summed E-state index contributed by atoms with van der Waals surface area (Å²) in [6.07, 6.45) is 19.3. The molecular weight excluding hydrogens is 666 g/mol. The van der Waals surface area contributed by atoms with Gasteiger partial charge in [-0.3, -0.25) is 0 Å². The van der Waals surface area contributed by atoms with Crippen LogP contribution in [0.25, 0.3) is 5.57 Å². The van der Waals surface area contributed by atoms with Gasteiger partial charge in [0.1, 0.15) is 22.6 Å². The molecule has 0 aliphatic rings. The van der Waals surface area contributed by atoms with E-state index in [1.54, 1.807) is 12.1 Å². The van der Waals surface area contributed by atoms with E-state index in [4.69, 9.17) is 9.47 Å². The monoisotopic (exact) mass is 711 g/mol. The minimum Gasteiger partial charge on any atom is -0.495 e. The van der Waals surface area contributed by atoms with Crippen LogP contribution >= 0.6 is 31.9 Å². The quantitative estimate of drug-likeness (QED) is 0.117. The first-order valence-electron chi connectivity index (χ1n) is 14.7. The molecule has 0 amide bonds. The Balaban J connectivity index is 0.00000882. The van der Waals surface area contributed by atoms with Gasteiger partial charge in [0.15, 0.2) is 0 Å². The Morgan fingerprint density at radius 2 is 0.976 bits per heavy atom. The standard InChI is InChI=1S/C33H44Br2O6.H3N/c1-4-5-6-7-8-9-10-11-12-13-14-15-16-17-18-25(26-19-23(34)21-28(32(36)37)30(26)40-2)27-20-24(35)22-29(33(38)39)31(27)41-3;/h18-22H,4-17H2,1-3H3,(H,36,37)(H,38,39);1H3. The topological polar surface area (TPSA) is 128 Å². The summed E-state index contributed by atoms with van der Waals surface area (Å²) < 4.78 is 12.3.